The summed E-state index contributed by atoms with van der Waals surface area (Å²) in [6, 6.07) is 6.97. The minimum atomic E-state index is -0.341. The minimum Gasteiger partial charge on any atom is -0.330 e. The van der Waals surface area contributed by atoms with Gasteiger partial charge >= 0.3 is 0 Å². The van der Waals surface area contributed by atoms with Crippen LogP contribution in [0.1, 0.15) is 24.5 Å². The quantitative estimate of drug-likeness (QED) is 0.887. The Morgan fingerprint density at radius 1 is 1.50 bits per heavy atom. The third-order valence-electron chi connectivity index (χ3n) is 3.60. The number of likely N-dealkylation sites (tertiary alicyclic amines) is 1. The highest BCUT2D eigenvalue weighted by Gasteiger charge is 2.27. The fourth-order valence-corrected chi connectivity index (χ4v) is 2.65. The van der Waals surface area contributed by atoms with E-state index < -0.39 is 0 Å². The summed E-state index contributed by atoms with van der Waals surface area (Å²) in [7, 11) is 0. The molecule has 1 aromatic carbocycles. The van der Waals surface area contributed by atoms with Crippen LogP contribution in [0.4, 0.5) is 4.39 Å². The van der Waals surface area contributed by atoms with Crippen molar-refractivity contribution in [3.8, 4) is 6.07 Å². The van der Waals surface area contributed by atoms with E-state index in [4.69, 9.17) is 11.0 Å². The molecular formula is C14H18FN3. The molecular weight excluding hydrogens is 229 g/mol. The molecule has 1 aromatic rings. The monoisotopic (exact) mass is 247 g/mol. The first-order valence-electron chi connectivity index (χ1n) is 6.26. The number of nitriles is 1. The van der Waals surface area contributed by atoms with E-state index in [9.17, 15) is 4.39 Å². The molecule has 96 valence electrons. The molecule has 1 aliphatic heterocycles. The molecule has 0 bridgehead atoms. The molecule has 1 saturated heterocycles. The first-order chi connectivity index (χ1) is 8.62. The molecule has 1 fully saturated rings. The van der Waals surface area contributed by atoms with E-state index in [0.29, 0.717) is 30.6 Å². The van der Waals surface area contributed by atoms with Gasteiger partial charge in [-0.3, -0.25) is 4.90 Å². The highest BCUT2D eigenvalue weighted by atomic mass is 19.1. The lowest BCUT2D eigenvalue weighted by molar-refractivity contribution is 0.255. The van der Waals surface area contributed by atoms with E-state index in [1.54, 1.807) is 6.07 Å². The van der Waals surface area contributed by atoms with Gasteiger partial charge in [0.15, 0.2) is 0 Å². The first-order valence-corrected chi connectivity index (χ1v) is 6.26. The third-order valence-corrected chi connectivity index (χ3v) is 3.60. The lowest BCUT2D eigenvalue weighted by Gasteiger charge is -2.21. The normalized spacial score (nSPS) is 24.1. The zero-order chi connectivity index (χ0) is 13.1. The number of hydrogen-bond acceptors (Lipinski definition) is 3. The number of hydrogen-bond donors (Lipinski definition) is 1. The molecule has 2 rings (SSSR count). The number of nitrogens with zero attached hydrogens (tertiary/aromatic N) is 2. The smallest absolute Gasteiger partial charge is 0.124 e. The van der Waals surface area contributed by atoms with Crippen LogP contribution in [0.3, 0.4) is 0 Å². The molecule has 4 heteroatoms. The maximum Gasteiger partial charge on any atom is 0.124 e. The molecule has 0 amide bonds. The van der Waals surface area contributed by atoms with Gasteiger partial charge in [-0.2, -0.15) is 5.26 Å². The summed E-state index contributed by atoms with van der Waals surface area (Å²) < 4.78 is 13.3. The Balaban J connectivity index is 2.10. The Hall–Kier alpha value is -1.44. The SMILES string of the molecule is CC1CC(CN)CN1Cc1cc(F)cc(C#N)c1. The molecule has 0 radical (unpaired) electrons. The van der Waals surface area contributed by atoms with Crippen molar-refractivity contribution >= 4 is 0 Å². The maximum absolute atomic E-state index is 13.3. The second-order valence-electron chi connectivity index (χ2n) is 5.08. The highest BCUT2D eigenvalue weighted by Crippen LogP contribution is 2.24. The Bertz CT molecular complexity index is 467. The van der Waals surface area contributed by atoms with E-state index in [-0.39, 0.29) is 5.82 Å². The van der Waals surface area contributed by atoms with Crippen LogP contribution in [-0.4, -0.2) is 24.0 Å². The van der Waals surface area contributed by atoms with Crippen LogP contribution in [0, 0.1) is 23.1 Å². The lowest BCUT2D eigenvalue weighted by atomic mass is 10.1. The van der Waals surface area contributed by atoms with Crippen LogP contribution in [0.15, 0.2) is 18.2 Å². The van der Waals surface area contributed by atoms with Crippen molar-refractivity contribution in [2.75, 3.05) is 13.1 Å². The van der Waals surface area contributed by atoms with Crippen LogP contribution < -0.4 is 5.73 Å². The average molecular weight is 247 g/mol. The zero-order valence-electron chi connectivity index (χ0n) is 10.6. The number of benzene rings is 1. The Labute approximate surface area is 107 Å². The van der Waals surface area contributed by atoms with Crippen molar-refractivity contribution in [1.82, 2.24) is 4.90 Å². The summed E-state index contributed by atoms with van der Waals surface area (Å²) in [5.74, 6) is 0.190. The van der Waals surface area contributed by atoms with E-state index in [2.05, 4.69) is 11.8 Å². The molecule has 2 atom stereocenters. The van der Waals surface area contributed by atoms with Gasteiger partial charge in [-0.1, -0.05) is 0 Å². The molecule has 2 unspecified atom stereocenters. The average Bonchev–Trinajstić information content (AvgIpc) is 2.69. The number of rotatable bonds is 3. The lowest BCUT2D eigenvalue weighted by Crippen LogP contribution is -2.27. The van der Waals surface area contributed by atoms with Crippen molar-refractivity contribution in [1.29, 1.82) is 5.26 Å². The molecule has 0 saturated carbocycles. The summed E-state index contributed by atoms with van der Waals surface area (Å²) in [4.78, 5) is 2.30. The molecule has 0 aliphatic carbocycles. The third kappa shape index (κ3) is 2.87. The molecule has 1 heterocycles. The zero-order valence-corrected chi connectivity index (χ0v) is 10.6. The van der Waals surface area contributed by atoms with Gasteiger partial charge in [-0.05, 0) is 49.6 Å². The molecule has 1 aliphatic rings. The van der Waals surface area contributed by atoms with Gasteiger partial charge in [-0.25, -0.2) is 4.39 Å². The summed E-state index contributed by atoms with van der Waals surface area (Å²) in [6.07, 6.45) is 1.09. The van der Waals surface area contributed by atoms with E-state index in [1.807, 2.05) is 6.07 Å². The molecule has 0 aromatic heterocycles. The van der Waals surface area contributed by atoms with Gasteiger partial charge in [0, 0.05) is 19.1 Å². The summed E-state index contributed by atoms with van der Waals surface area (Å²) >= 11 is 0. The summed E-state index contributed by atoms with van der Waals surface area (Å²) in [6.45, 7) is 4.51. The first kappa shape index (κ1) is 13.0. The fraction of sp³-hybridized carbons (Fsp3) is 0.500. The topological polar surface area (TPSA) is 53.0 Å². The van der Waals surface area contributed by atoms with Gasteiger partial charge < -0.3 is 5.73 Å². The van der Waals surface area contributed by atoms with Crippen molar-refractivity contribution in [3.63, 3.8) is 0 Å². The van der Waals surface area contributed by atoms with Crippen molar-refractivity contribution < 1.29 is 4.39 Å². The van der Waals surface area contributed by atoms with Gasteiger partial charge in [0.1, 0.15) is 5.82 Å². The Kier molecular flexibility index (Phi) is 3.95. The van der Waals surface area contributed by atoms with Gasteiger partial charge in [0.25, 0.3) is 0 Å². The summed E-state index contributed by atoms with van der Waals surface area (Å²) in [5, 5.41) is 8.83. The van der Waals surface area contributed by atoms with Crippen LogP contribution in [0.5, 0.6) is 0 Å². The molecule has 2 N–H and O–H groups in total. The second-order valence-corrected chi connectivity index (χ2v) is 5.08. The predicted molar refractivity (Wildman–Crippen MR) is 68.1 cm³/mol. The van der Waals surface area contributed by atoms with Crippen molar-refractivity contribution in [2.24, 2.45) is 11.7 Å². The van der Waals surface area contributed by atoms with Crippen LogP contribution >= 0.6 is 0 Å². The predicted octanol–water partition coefficient (Wildman–Crippen LogP) is 1.87. The molecule has 3 nitrogen and oxygen atoms in total. The van der Waals surface area contributed by atoms with Crippen molar-refractivity contribution in [3.05, 3.63) is 35.1 Å². The Morgan fingerprint density at radius 2 is 2.28 bits per heavy atom. The Morgan fingerprint density at radius 3 is 2.89 bits per heavy atom. The van der Waals surface area contributed by atoms with E-state index >= 15 is 0 Å². The molecule has 18 heavy (non-hydrogen) atoms. The van der Waals surface area contributed by atoms with Crippen LogP contribution in [-0.2, 0) is 6.54 Å². The largest absolute Gasteiger partial charge is 0.330 e. The van der Waals surface area contributed by atoms with Gasteiger partial charge in [0.05, 0.1) is 11.6 Å². The summed E-state index contributed by atoms with van der Waals surface area (Å²) in [5.41, 5.74) is 6.93. The fourth-order valence-electron chi connectivity index (χ4n) is 2.65. The van der Waals surface area contributed by atoms with Crippen LogP contribution in [0.25, 0.3) is 0 Å². The number of nitrogens with two attached hydrogens (primary N) is 1. The number of halogens is 1. The van der Waals surface area contributed by atoms with Gasteiger partial charge in [-0.15, -0.1) is 0 Å². The van der Waals surface area contributed by atoms with Crippen molar-refractivity contribution in [2.45, 2.75) is 25.9 Å². The van der Waals surface area contributed by atoms with Gasteiger partial charge in [0.2, 0.25) is 0 Å². The standard InChI is InChI=1S/C14H18FN3/c1-10-2-13(7-17)9-18(10)8-12-3-11(6-16)4-14(15)5-12/h3-5,10,13H,2,7-9,17H2,1H3. The highest BCUT2D eigenvalue weighted by molar-refractivity contribution is 5.33. The minimum absolute atomic E-state index is 0.341. The maximum atomic E-state index is 13.3. The van der Waals surface area contributed by atoms with E-state index in [0.717, 1.165) is 18.5 Å². The van der Waals surface area contributed by atoms with E-state index in [1.165, 1.54) is 12.1 Å². The molecule has 0 spiro atoms. The second kappa shape index (κ2) is 5.47. The van der Waals surface area contributed by atoms with Crippen LogP contribution in [0.2, 0.25) is 0 Å².